The molecule has 3 aromatic rings. The molecule has 0 spiro atoms. The van der Waals surface area contributed by atoms with Crippen molar-refractivity contribution in [2.24, 2.45) is 0 Å². The summed E-state index contributed by atoms with van der Waals surface area (Å²) in [7, 11) is 0. The molecule has 1 saturated heterocycles. The van der Waals surface area contributed by atoms with Crippen molar-refractivity contribution >= 4 is 23.2 Å². The first-order valence-electron chi connectivity index (χ1n) is 13.2. The molecule has 1 saturated carbocycles. The SMILES string of the molecule is CCCCNc1ncc2c(-c3ccc(CN4CCNCC4)cc3)cn(C=C3CCC(O)CC3)c2n1. The molecule has 2 aromatic heterocycles. The second-order valence-electron chi connectivity index (χ2n) is 9.90. The molecular weight excluding hydrogens is 436 g/mol. The molecule has 1 aliphatic heterocycles. The van der Waals surface area contributed by atoms with Crippen molar-refractivity contribution in [2.45, 2.75) is 58.1 Å². The summed E-state index contributed by atoms with van der Waals surface area (Å²) in [6.07, 6.45) is 12.0. The summed E-state index contributed by atoms with van der Waals surface area (Å²) in [4.78, 5) is 12.0. The van der Waals surface area contributed by atoms with Crippen LogP contribution in [0.1, 0.15) is 51.0 Å². The molecule has 2 aliphatic rings. The number of aromatic nitrogens is 3. The zero-order valence-corrected chi connectivity index (χ0v) is 20.8. The molecular formula is C28H38N6O. The Labute approximate surface area is 208 Å². The summed E-state index contributed by atoms with van der Waals surface area (Å²) >= 11 is 0. The first-order valence-corrected chi connectivity index (χ1v) is 13.2. The van der Waals surface area contributed by atoms with Gasteiger partial charge in [0, 0.05) is 68.8 Å². The van der Waals surface area contributed by atoms with Gasteiger partial charge in [0.1, 0.15) is 5.65 Å². The Hall–Kier alpha value is -2.74. The lowest BCUT2D eigenvalue weighted by Crippen LogP contribution is -2.42. The molecule has 0 unspecified atom stereocenters. The van der Waals surface area contributed by atoms with Crippen LogP contribution in [0, 0.1) is 0 Å². The molecule has 7 nitrogen and oxygen atoms in total. The van der Waals surface area contributed by atoms with E-state index in [-0.39, 0.29) is 6.10 Å². The number of nitrogens with one attached hydrogen (secondary N) is 2. The summed E-state index contributed by atoms with van der Waals surface area (Å²) in [5, 5.41) is 17.8. The summed E-state index contributed by atoms with van der Waals surface area (Å²) in [6, 6.07) is 8.97. The van der Waals surface area contributed by atoms with E-state index in [9.17, 15) is 5.11 Å². The predicted octanol–water partition coefficient (Wildman–Crippen LogP) is 4.49. The lowest BCUT2D eigenvalue weighted by Gasteiger charge is -2.27. The topological polar surface area (TPSA) is 78.2 Å². The van der Waals surface area contributed by atoms with Gasteiger partial charge in [-0.3, -0.25) is 4.90 Å². The fraction of sp³-hybridized carbons (Fsp3) is 0.500. The van der Waals surface area contributed by atoms with Crippen LogP contribution in [0.4, 0.5) is 5.95 Å². The van der Waals surface area contributed by atoms with Crippen LogP contribution in [-0.2, 0) is 6.54 Å². The van der Waals surface area contributed by atoms with Gasteiger partial charge >= 0.3 is 0 Å². The monoisotopic (exact) mass is 474 g/mol. The molecule has 0 bridgehead atoms. The molecule has 7 heteroatoms. The largest absolute Gasteiger partial charge is 0.393 e. The lowest BCUT2D eigenvalue weighted by atomic mass is 9.93. The molecule has 0 radical (unpaired) electrons. The molecule has 186 valence electrons. The molecule has 0 amide bonds. The third kappa shape index (κ3) is 5.92. The minimum Gasteiger partial charge on any atom is -0.393 e. The summed E-state index contributed by atoms with van der Waals surface area (Å²) < 4.78 is 2.17. The van der Waals surface area contributed by atoms with Crippen LogP contribution in [0.2, 0.25) is 0 Å². The number of hydrogen-bond donors (Lipinski definition) is 3. The molecule has 1 aliphatic carbocycles. The van der Waals surface area contributed by atoms with E-state index in [0.29, 0.717) is 5.95 Å². The van der Waals surface area contributed by atoms with Gasteiger partial charge in [-0.05, 0) is 43.2 Å². The Morgan fingerprint density at radius 3 is 2.66 bits per heavy atom. The number of allylic oxidation sites excluding steroid dienone is 1. The van der Waals surface area contributed by atoms with Crippen molar-refractivity contribution in [3.8, 4) is 11.1 Å². The second kappa shape index (κ2) is 11.3. The first-order chi connectivity index (χ1) is 17.2. The van der Waals surface area contributed by atoms with E-state index in [0.717, 1.165) is 94.4 Å². The van der Waals surface area contributed by atoms with E-state index >= 15 is 0 Å². The highest BCUT2D eigenvalue weighted by atomic mass is 16.3. The minimum atomic E-state index is -0.166. The van der Waals surface area contributed by atoms with Gasteiger partial charge in [0.2, 0.25) is 5.95 Å². The summed E-state index contributed by atoms with van der Waals surface area (Å²) in [6.45, 7) is 8.41. The molecule has 5 rings (SSSR count). The van der Waals surface area contributed by atoms with Crippen LogP contribution in [0.25, 0.3) is 28.4 Å². The molecule has 35 heavy (non-hydrogen) atoms. The Morgan fingerprint density at radius 2 is 1.91 bits per heavy atom. The third-order valence-electron chi connectivity index (χ3n) is 7.18. The zero-order chi connectivity index (χ0) is 24.0. The molecule has 2 fully saturated rings. The fourth-order valence-corrected chi connectivity index (χ4v) is 5.04. The molecule has 1 aromatic carbocycles. The average molecular weight is 475 g/mol. The van der Waals surface area contributed by atoms with Crippen molar-refractivity contribution in [1.29, 1.82) is 0 Å². The number of benzene rings is 1. The normalized spacial score (nSPS) is 19.3. The number of piperazine rings is 1. The van der Waals surface area contributed by atoms with Gasteiger partial charge in [-0.2, -0.15) is 4.98 Å². The van der Waals surface area contributed by atoms with E-state index in [2.05, 4.69) is 68.7 Å². The fourth-order valence-electron chi connectivity index (χ4n) is 5.04. The Balaban J connectivity index is 1.44. The standard InChI is InChI=1S/C28H38N6O/c1-2-3-12-30-28-31-17-25-26(20-34(27(25)32-28)19-22-6-10-24(35)11-7-22)23-8-4-21(5-9-23)18-33-15-13-29-14-16-33/h4-5,8-9,17,19-20,24,29,35H,2-3,6-7,10-16,18H2,1H3,(H,30,31,32). The Bertz CT molecular complexity index is 1140. The maximum Gasteiger partial charge on any atom is 0.224 e. The molecule has 3 N–H and O–H groups in total. The van der Waals surface area contributed by atoms with Crippen LogP contribution in [-0.4, -0.2) is 63.4 Å². The maximum atomic E-state index is 9.91. The van der Waals surface area contributed by atoms with E-state index in [1.165, 1.54) is 16.7 Å². The second-order valence-corrected chi connectivity index (χ2v) is 9.90. The van der Waals surface area contributed by atoms with Crippen LogP contribution in [0.5, 0.6) is 0 Å². The predicted molar refractivity (Wildman–Crippen MR) is 143 cm³/mol. The number of anilines is 1. The van der Waals surface area contributed by atoms with Crippen molar-refractivity contribution in [2.75, 3.05) is 38.0 Å². The van der Waals surface area contributed by atoms with Gasteiger partial charge in [-0.15, -0.1) is 0 Å². The van der Waals surface area contributed by atoms with E-state index < -0.39 is 0 Å². The van der Waals surface area contributed by atoms with Crippen molar-refractivity contribution < 1.29 is 5.11 Å². The Morgan fingerprint density at radius 1 is 1.14 bits per heavy atom. The maximum absolute atomic E-state index is 9.91. The highest BCUT2D eigenvalue weighted by Crippen LogP contribution is 2.32. The average Bonchev–Trinajstić information content (AvgIpc) is 3.24. The van der Waals surface area contributed by atoms with Crippen LogP contribution in [0.15, 0.2) is 42.2 Å². The number of unbranched alkanes of at least 4 members (excludes halogenated alkanes) is 1. The van der Waals surface area contributed by atoms with E-state index in [1.54, 1.807) is 0 Å². The van der Waals surface area contributed by atoms with Gasteiger partial charge < -0.3 is 20.3 Å². The summed E-state index contributed by atoms with van der Waals surface area (Å²) in [5.41, 5.74) is 5.98. The quantitative estimate of drug-likeness (QED) is 0.418. The van der Waals surface area contributed by atoms with Gasteiger partial charge in [-0.1, -0.05) is 43.2 Å². The van der Waals surface area contributed by atoms with E-state index in [4.69, 9.17) is 4.98 Å². The molecule has 3 heterocycles. The van der Waals surface area contributed by atoms with Crippen molar-refractivity contribution in [3.05, 3.63) is 47.8 Å². The number of hydrogen-bond acceptors (Lipinski definition) is 6. The minimum absolute atomic E-state index is 0.166. The van der Waals surface area contributed by atoms with E-state index in [1.807, 2.05) is 6.20 Å². The van der Waals surface area contributed by atoms with Gasteiger partial charge in [-0.25, -0.2) is 4.98 Å². The van der Waals surface area contributed by atoms with Crippen molar-refractivity contribution in [1.82, 2.24) is 24.8 Å². The lowest BCUT2D eigenvalue weighted by molar-refractivity contribution is 0.144. The number of aliphatic hydroxyl groups is 1. The number of nitrogens with zero attached hydrogens (tertiary/aromatic N) is 4. The van der Waals surface area contributed by atoms with Crippen LogP contribution >= 0.6 is 0 Å². The number of aliphatic hydroxyl groups excluding tert-OH is 1. The Kier molecular flexibility index (Phi) is 7.76. The van der Waals surface area contributed by atoms with Gasteiger partial charge in [0.15, 0.2) is 0 Å². The summed E-state index contributed by atoms with van der Waals surface area (Å²) in [5.74, 6) is 0.681. The third-order valence-corrected chi connectivity index (χ3v) is 7.18. The smallest absolute Gasteiger partial charge is 0.224 e. The first kappa shape index (κ1) is 24.0. The van der Waals surface area contributed by atoms with Crippen molar-refractivity contribution in [3.63, 3.8) is 0 Å². The number of fused-ring (bicyclic) bond motifs is 1. The highest BCUT2D eigenvalue weighted by Gasteiger charge is 2.17. The number of rotatable bonds is 8. The van der Waals surface area contributed by atoms with Gasteiger partial charge in [0.05, 0.1) is 6.10 Å². The van der Waals surface area contributed by atoms with Crippen LogP contribution < -0.4 is 10.6 Å². The zero-order valence-electron chi connectivity index (χ0n) is 20.8. The van der Waals surface area contributed by atoms with Crippen LogP contribution in [0.3, 0.4) is 0 Å². The molecule has 0 atom stereocenters. The highest BCUT2D eigenvalue weighted by molar-refractivity contribution is 5.95. The van der Waals surface area contributed by atoms with Gasteiger partial charge in [0.25, 0.3) is 0 Å².